The maximum atomic E-state index is 11.5. The maximum absolute atomic E-state index is 11.5. The van der Waals surface area contributed by atoms with Crippen LogP contribution in [0.2, 0.25) is 0 Å². The minimum absolute atomic E-state index is 0.0416. The number of carbonyl (C=O) groups is 1. The first kappa shape index (κ1) is 10.8. The summed E-state index contributed by atoms with van der Waals surface area (Å²) in [5.74, 6) is 0.0416. The lowest BCUT2D eigenvalue weighted by Gasteiger charge is -2.17. The summed E-state index contributed by atoms with van der Waals surface area (Å²) in [6.07, 6.45) is 1.63. The van der Waals surface area contributed by atoms with E-state index >= 15 is 0 Å². The maximum Gasteiger partial charge on any atom is 0.225 e. The molecule has 0 bridgehead atoms. The van der Waals surface area contributed by atoms with Crippen LogP contribution in [0, 0.1) is 12.3 Å². The number of hydrogen-bond donors (Lipinski definition) is 2. The van der Waals surface area contributed by atoms with Gasteiger partial charge in [-0.25, -0.2) is 4.98 Å². The van der Waals surface area contributed by atoms with Crippen molar-refractivity contribution in [1.82, 2.24) is 15.3 Å². The van der Waals surface area contributed by atoms with Gasteiger partial charge < -0.3 is 10.3 Å². The second-order valence-electron chi connectivity index (χ2n) is 4.41. The van der Waals surface area contributed by atoms with Gasteiger partial charge in [-0.15, -0.1) is 0 Å². The van der Waals surface area contributed by atoms with Gasteiger partial charge in [0.25, 0.3) is 0 Å². The molecule has 1 amide bonds. The zero-order chi connectivity index (χ0) is 10.8. The Morgan fingerprint density at radius 3 is 2.64 bits per heavy atom. The first-order valence-corrected chi connectivity index (χ1v) is 4.68. The summed E-state index contributed by atoms with van der Waals surface area (Å²) in [5.41, 5.74) is 1.55. The van der Waals surface area contributed by atoms with E-state index in [0.29, 0.717) is 6.54 Å². The molecule has 0 radical (unpaired) electrons. The van der Waals surface area contributed by atoms with E-state index in [1.54, 1.807) is 6.33 Å². The molecule has 14 heavy (non-hydrogen) atoms. The van der Waals surface area contributed by atoms with Gasteiger partial charge in [-0.1, -0.05) is 20.8 Å². The van der Waals surface area contributed by atoms with E-state index in [4.69, 9.17) is 0 Å². The van der Waals surface area contributed by atoms with Crippen molar-refractivity contribution in [2.75, 3.05) is 0 Å². The van der Waals surface area contributed by atoms with Crippen molar-refractivity contribution >= 4 is 5.91 Å². The Bertz CT molecular complexity index is 322. The number of amides is 1. The lowest BCUT2D eigenvalue weighted by molar-refractivity contribution is -0.128. The van der Waals surface area contributed by atoms with Gasteiger partial charge >= 0.3 is 0 Å². The molecule has 0 aliphatic rings. The largest absolute Gasteiger partial charge is 0.350 e. The van der Waals surface area contributed by atoms with Crippen molar-refractivity contribution in [2.45, 2.75) is 34.2 Å². The molecular weight excluding hydrogens is 178 g/mol. The third kappa shape index (κ3) is 2.58. The van der Waals surface area contributed by atoms with Crippen molar-refractivity contribution < 1.29 is 4.79 Å². The normalized spacial score (nSPS) is 11.4. The second-order valence-corrected chi connectivity index (χ2v) is 4.41. The molecule has 0 fully saturated rings. The number of imidazole rings is 1. The molecule has 1 heterocycles. The smallest absolute Gasteiger partial charge is 0.225 e. The van der Waals surface area contributed by atoms with Crippen molar-refractivity contribution in [1.29, 1.82) is 0 Å². The van der Waals surface area contributed by atoms with Gasteiger partial charge in [0, 0.05) is 11.1 Å². The highest BCUT2D eigenvalue weighted by Crippen LogP contribution is 2.12. The van der Waals surface area contributed by atoms with Crippen molar-refractivity contribution in [3.05, 3.63) is 17.7 Å². The number of aromatic amines is 1. The predicted molar refractivity (Wildman–Crippen MR) is 54.6 cm³/mol. The highest BCUT2D eigenvalue weighted by Gasteiger charge is 2.20. The Morgan fingerprint density at radius 2 is 2.21 bits per heavy atom. The third-order valence-corrected chi connectivity index (χ3v) is 2.03. The summed E-state index contributed by atoms with van der Waals surface area (Å²) in [6.45, 7) is 8.09. The summed E-state index contributed by atoms with van der Waals surface area (Å²) in [5, 5.41) is 2.84. The van der Waals surface area contributed by atoms with Gasteiger partial charge in [0.05, 0.1) is 18.6 Å². The number of rotatable bonds is 2. The van der Waals surface area contributed by atoms with Gasteiger partial charge in [-0.05, 0) is 6.92 Å². The molecule has 1 aromatic heterocycles. The average molecular weight is 195 g/mol. The standard InChI is InChI=1S/C10H17N3O/c1-7-8(13-6-12-7)5-11-9(14)10(2,3)4/h6H,5H2,1-4H3,(H,11,14)(H,12,13). The van der Waals surface area contributed by atoms with E-state index in [-0.39, 0.29) is 11.3 Å². The molecule has 1 aromatic rings. The van der Waals surface area contributed by atoms with Gasteiger partial charge in [0.1, 0.15) is 0 Å². The molecular formula is C10H17N3O. The van der Waals surface area contributed by atoms with Gasteiger partial charge in [-0.2, -0.15) is 0 Å². The minimum atomic E-state index is -0.343. The molecule has 0 spiro atoms. The fourth-order valence-electron chi connectivity index (χ4n) is 0.995. The number of aromatic nitrogens is 2. The molecule has 4 heteroatoms. The predicted octanol–water partition coefficient (Wildman–Crippen LogP) is 1.38. The van der Waals surface area contributed by atoms with Crippen LogP contribution in [0.25, 0.3) is 0 Å². The average Bonchev–Trinajstić information content (AvgIpc) is 2.45. The van der Waals surface area contributed by atoms with Crippen LogP contribution in [0.1, 0.15) is 32.2 Å². The third-order valence-electron chi connectivity index (χ3n) is 2.03. The first-order chi connectivity index (χ1) is 6.41. The van der Waals surface area contributed by atoms with E-state index in [0.717, 1.165) is 11.4 Å². The summed E-state index contributed by atoms with van der Waals surface area (Å²) in [6, 6.07) is 0. The van der Waals surface area contributed by atoms with Crippen LogP contribution < -0.4 is 5.32 Å². The summed E-state index contributed by atoms with van der Waals surface area (Å²) < 4.78 is 0. The topological polar surface area (TPSA) is 57.8 Å². The van der Waals surface area contributed by atoms with Crippen molar-refractivity contribution in [2.24, 2.45) is 5.41 Å². The summed E-state index contributed by atoms with van der Waals surface area (Å²) in [4.78, 5) is 18.6. The van der Waals surface area contributed by atoms with Crippen LogP contribution >= 0.6 is 0 Å². The Kier molecular flexibility index (Phi) is 2.93. The number of H-pyrrole nitrogens is 1. The fourth-order valence-corrected chi connectivity index (χ4v) is 0.995. The lowest BCUT2D eigenvalue weighted by Crippen LogP contribution is -2.34. The molecule has 0 aromatic carbocycles. The number of nitrogens with zero attached hydrogens (tertiary/aromatic N) is 1. The molecule has 0 aliphatic carbocycles. The van der Waals surface area contributed by atoms with Crippen LogP contribution in [0.15, 0.2) is 6.33 Å². The Labute approximate surface area is 84.1 Å². The van der Waals surface area contributed by atoms with E-state index in [2.05, 4.69) is 15.3 Å². The minimum Gasteiger partial charge on any atom is -0.350 e. The van der Waals surface area contributed by atoms with Crippen molar-refractivity contribution in [3.8, 4) is 0 Å². The molecule has 0 saturated heterocycles. The zero-order valence-electron chi connectivity index (χ0n) is 9.14. The molecule has 4 nitrogen and oxygen atoms in total. The SMILES string of the molecule is Cc1[nH]cnc1CNC(=O)C(C)(C)C. The fraction of sp³-hybridized carbons (Fsp3) is 0.600. The molecule has 0 unspecified atom stereocenters. The molecule has 78 valence electrons. The number of nitrogens with one attached hydrogen (secondary N) is 2. The highest BCUT2D eigenvalue weighted by molar-refractivity contribution is 5.81. The van der Waals surface area contributed by atoms with E-state index < -0.39 is 0 Å². The van der Waals surface area contributed by atoms with Crippen LogP contribution in [0.5, 0.6) is 0 Å². The Morgan fingerprint density at radius 1 is 1.57 bits per heavy atom. The van der Waals surface area contributed by atoms with Gasteiger partial charge in [0.2, 0.25) is 5.91 Å². The second kappa shape index (κ2) is 3.82. The van der Waals surface area contributed by atoms with E-state index in [1.165, 1.54) is 0 Å². The Hall–Kier alpha value is -1.32. The lowest BCUT2D eigenvalue weighted by atomic mass is 9.96. The summed E-state index contributed by atoms with van der Waals surface area (Å²) in [7, 11) is 0. The molecule has 0 saturated carbocycles. The van der Waals surface area contributed by atoms with Crippen LogP contribution in [0.4, 0.5) is 0 Å². The quantitative estimate of drug-likeness (QED) is 0.749. The monoisotopic (exact) mass is 195 g/mol. The number of carbonyl (C=O) groups excluding carboxylic acids is 1. The van der Waals surface area contributed by atoms with Crippen LogP contribution in [-0.4, -0.2) is 15.9 Å². The first-order valence-electron chi connectivity index (χ1n) is 4.68. The van der Waals surface area contributed by atoms with Crippen molar-refractivity contribution in [3.63, 3.8) is 0 Å². The zero-order valence-corrected chi connectivity index (χ0v) is 9.14. The molecule has 2 N–H and O–H groups in total. The summed E-state index contributed by atoms with van der Waals surface area (Å²) >= 11 is 0. The van der Waals surface area contributed by atoms with Gasteiger partial charge in [0.15, 0.2) is 0 Å². The molecule has 1 rings (SSSR count). The van der Waals surface area contributed by atoms with E-state index in [1.807, 2.05) is 27.7 Å². The molecule has 0 atom stereocenters. The van der Waals surface area contributed by atoms with Crippen LogP contribution in [-0.2, 0) is 11.3 Å². The van der Waals surface area contributed by atoms with Crippen LogP contribution in [0.3, 0.4) is 0 Å². The van der Waals surface area contributed by atoms with E-state index in [9.17, 15) is 4.79 Å². The highest BCUT2D eigenvalue weighted by atomic mass is 16.2. The molecule has 0 aliphatic heterocycles. The number of aryl methyl sites for hydroxylation is 1. The Balaban J connectivity index is 2.50. The number of hydrogen-bond acceptors (Lipinski definition) is 2. The van der Waals surface area contributed by atoms with Gasteiger partial charge in [-0.3, -0.25) is 4.79 Å².